The molecule has 3 heterocycles. The number of aromatic amines is 1. The van der Waals surface area contributed by atoms with E-state index in [4.69, 9.17) is 4.42 Å². The molecular weight excluding hydrogens is 351 g/mol. The van der Waals surface area contributed by atoms with E-state index in [2.05, 4.69) is 20.9 Å². The van der Waals surface area contributed by atoms with Crippen LogP contribution in [0.4, 0.5) is 4.39 Å². The van der Waals surface area contributed by atoms with Crippen molar-refractivity contribution < 1.29 is 13.6 Å². The lowest BCUT2D eigenvalue weighted by Crippen LogP contribution is -2.35. The van der Waals surface area contributed by atoms with Crippen molar-refractivity contribution in [3.05, 3.63) is 57.8 Å². The zero-order valence-electron chi connectivity index (χ0n) is 11.5. The molecule has 0 unspecified atom stereocenters. The SMILES string of the molecule is O=C(c1ccc(Br)o1)N1CCc2[nH]c3ccc(F)cc3c2C1. The second-order valence-electron chi connectivity index (χ2n) is 5.35. The topological polar surface area (TPSA) is 49.2 Å². The van der Waals surface area contributed by atoms with E-state index in [0.29, 0.717) is 23.5 Å². The zero-order valence-corrected chi connectivity index (χ0v) is 13.1. The first kappa shape index (κ1) is 13.6. The number of fused-ring (bicyclic) bond motifs is 3. The summed E-state index contributed by atoms with van der Waals surface area (Å²) in [5.74, 6) is -0.115. The molecule has 4 nitrogen and oxygen atoms in total. The summed E-state index contributed by atoms with van der Waals surface area (Å²) in [6.45, 7) is 1.06. The molecule has 0 fully saturated rings. The van der Waals surface area contributed by atoms with Gasteiger partial charge < -0.3 is 14.3 Å². The molecule has 22 heavy (non-hydrogen) atoms. The monoisotopic (exact) mass is 362 g/mol. The van der Waals surface area contributed by atoms with E-state index in [-0.39, 0.29) is 11.7 Å². The molecule has 0 saturated carbocycles. The van der Waals surface area contributed by atoms with Gasteiger partial charge in [-0.3, -0.25) is 4.79 Å². The van der Waals surface area contributed by atoms with Crippen molar-refractivity contribution in [1.82, 2.24) is 9.88 Å². The van der Waals surface area contributed by atoms with Crippen LogP contribution in [0.5, 0.6) is 0 Å². The molecule has 1 amide bonds. The maximum absolute atomic E-state index is 13.5. The average molecular weight is 363 g/mol. The van der Waals surface area contributed by atoms with Crippen LogP contribution in [0.3, 0.4) is 0 Å². The molecule has 0 saturated heterocycles. The Bertz CT molecular complexity index is 884. The molecule has 0 spiro atoms. The molecule has 3 aromatic rings. The van der Waals surface area contributed by atoms with Gasteiger partial charge in [0.1, 0.15) is 5.82 Å². The molecule has 4 rings (SSSR count). The van der Waals surface area contributed by atoms with Crippen LogP contribution in [0, 0.1) is 5.82 Å². The van der Waals surface area contributed by atoms with Crippen LogP contribution < -0.4 is 0 Å². The standard InChI is InChI=1S/C16H12BrFN2O2/c17-15-4-3-14(22-15)16(21)20-6-5-13-11(8-20)10-7-9(18)1-2-12(10)19-13/h1-4,7,19H,5-6,8H2. The highest BCUT2D eigenvalue weighted by molar-refractivity contribution is 9.10. The van der Waals surface area contributed by atoms with E-state index in [9.17, 15) is 9.18 Å². The molecular formula is C16H12BrFN2O2. The summed E-state index contributed by atoms with van der Waals surface area (Å²) in [5.41, 5.74) is 2.96. The van der Waals surface area contributed by atoms with Gasteiger partial charge in [0.15, 0.2) is 10.4 Å². The van der Waals surface area contributed by atoms with Gasteiger partial charge in [-0.2, -0.15) is 0 Å². The van der Waals surface area contributed by atoms with Crippen molar-refractivity contribution in [3.8, 4) is 0 Å². The molecule has 1 N–H and O–H groups in total. The Morgan fingerprint density at radius 3 is 2.95 bits per heavy atom. The number of rotatable bonds is 1. The Balaban J connectivity index is 1.70. The van der Waals surface area contributed by atoms with Crippen LogP contribution >= 0.6 is 15.9 Å². The second kappa shape index (κ2) is 4.98. The van der Waals surface area contributed by atoms with E-state index in [0.717, 1.165) is 28.6 Å². The predicted molar refractivity (Wildman–Crippen MR) is 83.1 cm³/mol. The first-order valence-corrected chi connectivity index (χ1v) is 7.75. The minimum Gasteiger partial charge on any atom is -0.444 e. The number of carbonyl (C=O) groups excluding carboxylic acids is 1. The highest BCUT2D eigenvalue weighted by atomic mass is 79.9. The minimum absolute atomic E-state index is 0.151. The average Bonchev–Trinajstić information content (AvgIpc) is 3.09. The van der Waals surface area contributed by atoms with Gasteiger partial charge in [0.05, 0.1) is 0 Å². The summed E-state index contributed by atoms with van der Waals surface area (Å²) in [5, 5.41) is 0.841. The van der Waals surface area contributed by atoms with Gasteiger partial charge >= 0.3 is 0 Å². The molecule has 0 atom stereocenters. The van der Waals surface area contributed by atoms with Gasteiger partial charge in [-0.15, -0.1) is 0 Å². The second-order valence-corrected chi connectivity index (χ2v) is 6.13. The first-order chi connectivity index (χ1) is 10.6. The Kier molecular flexibility index (Phi) is 3.07. The third kappa shape index (κ3) is 2.14. The quantitative estimate of drug-likeness (QED) is 0.714. The number of H-pyrrole nitrogens is 1. The summed E-state index contributed by atoms with van der Waals surface area (Å²) in [4.78, 5) is 17.5. The molecule has 1 aliphatic rings. The van der Waals surface area contributed by atoms with E-state index >= 15 is 0 Å². The van der Waals surface area contributed by atoms with Crippen LogP contribution in [-0.2, 0) is 13.0 Å². The highest BCUT2D eigenvalue weighted by Crippen LogP contribution is 2.29. The van der Waals surface area contributed by atoms with E-state index in [1.807, 2.05) is 0 Å². The number of nitrogens with zero attached hydrogens (tertiary/aromatic N) is 1. The number of benzene rings is 1. The first-order valence-electron chi connectivity index (χ1n) is 6.95. The van der Waals surface area contributed by atoms with Crippen molar-refractivity contribution in [2.45, 2.75) is 13.0 Å². The van der Waals surface area contributed by atoms with Crippen LogP contribution in [0.25, 0.3) is 10.9 Å². The molecule has 112 valence electrons. The van der Waals surface area contributed by atoms with E-state index < -0.39 is 0 Å². The predicted octanol–water partition coefficient (Wildman–Crippen LogP) is 3.86. The van der Waals surface area contributed by atoms with Crippen LogP contribution in [-0.4, -0.2) is 22.3 Å². The van der Waals surface area contributed by atoms with Crippen molar-refractivity contribution in [3.63, 3.8) is 0 Å². The normalized spacial score (nSPS) is 14.4. The summed E-state index contributed by atoms with van der Waals surface area (Å²) >= 11 is 3.20. The number of amides is 1. The fraction of sp³-hybridized carbons (Fsp3) is 0.188. The van der Waals surface area contributed by atoms with E-state index in [1.54, 1.807) is 23.1 Å². The van der Waals surface area contributed by atoms with Gasteiger partial charge in [0.25, 0.3) is 5.91 Å². The van der Waals surface area contributed by atoms with Gasteiger partial charge in [0, 0.05) is 41.7 Å². The Hall–Kier alpha value is -2.08. The number of halogens is 2. The lowest BCUT2D eigenvalue weighted by molar-refractivity contribution is 0.0701. The fourth-order valence-electron chi connectivity index (χ4n) is 2.94. The third-order valence-electron chi connectivity index (χ3n) is 4.01. The Morgan fingerprint density at radius 1 is 1.32 bits per heavy atom. The number of hydrogen-bond donors (Lipinski definition) is 1. The van der Waals surface area contributed by atoms with Gasteiger partial charge in [-0.25, -0.2) is 4.39 Å². The van der Waals surface area contributed by atoms with Gasteiger partial charge in [0.2, 0.25) is 0 Å². The van der Waals surface area contributed by atoms with Crippen LogP contribution in [0.15, 0.2) is 39.4 Å². The molecule has 0 aliphatic carbocycles. The number of hydrogen-bond acceptors (Lipinski definition) is 2. The molecule has 2 aromatic heterocycles. The maximum atomic E-state index is 13.5. The molecule has 1 aliphatic heterocycles. The third-order valence-corrected chi connectivity index (χ3v) is 4.43. The van der Waals surface area contributed by atoms with Gasteiger partial charge in [-0.1, -0.05) is 0 Å². The molecule has 6 heteroatoms. The van der Waals surface area contributed by atoms with Crippen LogP contribution in [0.1, 0.15) is 21.8 Å². The lowest BCUT2D eigenvalue weighted by Gasteiger charge is -2.26. The highest BCUT2D eigenvalue weighted by Gasteiger charge is 2.26. The number of aromatic nitrogens is 1. The number of furan rings is 1. The number of nitrogens with one attached hydrogen (secondary N) is 1. The lowest BCUT2D eigenvalue weighted by atomic mass is 10.0. The maximum Gasteiger partial charge on any atom is 0.289 e. The Morgan fingerprint density at radius 2 is 2.18 bits per heavy atom. The molecule has 0 radical (unpaired) electrons. The van der Waals surface area contributed by atoms with Gasteiger partial charge in [-0.05, 0) is 46.3 Å². The zero-order chi connectivity index (χ0) is 15.3. The van der Waals surface area contributed by atoms with Crippen molar-refractivity contribution in [2.75, 3.05) is 6.54 Å². The number of carbonyl (C=O) groups is 1. The van der Waals surface area contributed by atoms with Crippen molar-refractivity contribution in [2.24, 2.45) is 0 Å². The van der Waals surface area contributed by atoms with Crippen molar-refractivity contribution in [1.29, 1.82) is 0 Å². The minimum atomic E-state index is -0.271. The summed E-state index contributed by atoms with van der Waals surface area (Å²) in [6.07, 6.45) is 0.721. The van der Waals surface area contributed by atoms with E-state index in [1.165, 1.54) is 12.1 Å². The molecule has 1 aromatic carbocycles. The van der Waals surface area contributed by atoms with Crippen molar-refractivity contribution >= 4 is 32.7 Å². The smallest absolute Gasteiger partial charge is 0.289 e. The molecule has 0 bridgehead atoms. The summed E-state index contributed by atoms with van der Waals surface area (Å²) in [6, 6.07) is 8.04. The summed E-state index contributed by atoms with van der Waals surface area (Å²) < 4.78 is 19.4. The fourth-order valence-corrected chi connectivity index (χ4v) is 3.25. The Labute approximate surface area is 134 Å². The largest absolute Gasteiger partial charge is 0.444 e. The van der Waals surface area contributed by atoms with Crippen LogP contribution in [0.2, 0.25) is 0 Å². The summed E-state index contributed by atoms with van der Waals surface area (Å²) in [7, 11) is 0.